The van der Waals surface area contributed by atoms with Gasteiger partial charge in [-0.05, 0) is 23.6 Å². The van der Waals surface area contributed by atoms with Gasteiger partial charge in [0.2, 0.25) is 0 Å². The molecule has 0 radical (unpaired) electrons. The normalized spacial score (nSPS) is 13.7. The molecule has 0 amide bonds. The van der Waals surface area contributed by atoms with Gasteiger partial charge < -0.3 is 9.64 Å². The lowest BCUT2D eigenvalue weighted by molar-refractivity contribution is 0.0391. The lowest BCUT2D eigenvalue weighted by atomic mass is 9.96. The zero-order chi connectivity index (χ0) is 12.9. The number of rotatable bonds is 1. The minimum absolute atomic E-state index is 0.450. The fourth-order valence-electron chi connectivity index (χ4n) is 2.20. The molecule has 90 valence electrons. The van der Waals surface area contributed by atoms with Gasteiger partial charge in [0.1, 0.15) is 0 Å². The van der Waals surface area contributed by atoms with Crippen molar-refractivity contribution in [2.75, 3.05) is 19.0 Å². The standard InChI is InChI=1S/C14H11NO3/c1-15(2)9-6-8-4-3-5-10-12(8)11(7-9)14(17)18-13(10)16/h3-7H,1-2H3. The van der Waals surface area contributed by atoms with E-state index in [9.17, 15) is 9.59 Å². The first-order valence-electron chi connectivity index (χ1n) is 5.58. The molecule has 18 heavy (non-hydrogen) atoms. The third-order valence-corrected chi connectivity index (χ3v) is 3.10. The SMILES string of the molecule is CN(C)c1cc2c3c(cccc3c1)C(=O)OC2=O. The van der Waals surface area contributed by atoms with Gasteiger partial charge in [-0.2, -0.15) is 0 Å². The Hall–Kier alpha value is -2.36. The van der Waals surface area contributed by atoms with Gasteiger partial charge in [0, 0.05) is 25.2 Å². The third-order valence-electron chi connectivity index (χ3n) is 3.10. The first kappa shape index (κ1) is 10.8. The van der Waals surface area contributed by atoms with Crippen LogP contribution in [-0.2, 0) is 4.74 Å². The van der Waals surface area contributed by atoms with Crippen LogP contribution >= 0.6 is 0 Å². The molecule has 0 saturated carbocycles. The number of esters is 2. The molecule has 1 aliphatic heterocycles. The van der Waals surface area contributed by atoms with Crippen molar-refractivity contribution in [2.24, 2.45) is 0 Å². The summed E-state index contributed by atoms with van der Waals surface area (Å²) in [4.78, 5) is 25.4. The van der Waals surface area contributed by atoms with Crippen molar-refractivity contribution < 1.29 is 14.3 Å². The molecule has 3 rings (SSSR count). The van der Waals surface area contributed by atoms with Crippen molar-refractivity contribution in [3.05, 3.63) is 41.5 Å². The summed E-state index contributed by atoms with van der Waals surface area (Å²) in [6.07, 6.45) is 0. The summed E-state index contributed by atoms with van der Waals surface area (Å²) < 4.78 is 4.74. The van der Waals surface area contributed by atoms with Gasteiger partial charge in [-0.25, -0.2) is 9.59 Å². The summed E-state index contributed by atoms with van der Waals surface area (Å²) in [6, 6.07) is 9.06. The maximum Gasteiger partial charge on any atom is 0.346 e. The van der Waals surface area contributed by atoms with Gasteiger partial charge >= 0.3 is 11.9 Å². The average molecular weight is 241 g/mol. The van der Waals surface area contributed by atoms with Crippen molar-refractivity contribution in [3.8, 4) is 0 Å². The highest BCUT2D eigenvalue weighted by Crippen LogP contribution is 2.32. The van der Waals surface area contributed by atoms with E-state index in [-0.39, 0.29) is 0 Å². The Morgan fingerprint density at radius 2 is 1.72 bits per heavy atom. The molecule has 0 unspecified atom stereocenters. The van der Waals surface area contributed by atoms with Crippen LogP contribution in [0.15, 0.2) is 30.3 Å². The number of ether oxygens (including phenoxy) is 1. The second kappa shape index (κ2) is 3.57. The van der Waals surface area contributed by atoms with Gasteiger partial charge in [0.05, 0.1) is 11.1 Å². The fraction of sp³-hybridized carbons (Fsp3) is 0.143. The Balaban J connectivity index is 2.44. The topological polar surface area (TPSA) is 46.6 Å². The molecule has 4 nitrogen and oxygen atoms in total. The Labute approximate surface area is 104 Å². The molecule has 2 aromatic rings. The maximum absolute atomic E-state index is 11.8. The molecular weight excluding hydrogens is 230 g/mol. The highest BCUT2D eigenvalue weighted by atomic mass is 16.6. The van der Waals surface area contributed by atoms with E-state index in [1.54, 1.807) is 18.2 Å². The van der Waals surface area contributed by atoms with Crippen molar-refractivity contribution in [1.82, 2.24) is 0 Å². The van der Waals surface area contributed by atoms with E-state index < -0.39 is 11.9 Å². The van der Waals surface area contributed by atoms with Crippen LogP contribution in [-0.4, -0.2) is 26.0 Å². The van der Waals surface area contributed by atoms with Crippen molar-refractivity contribution in [1.29, 1.82) is 0 Å². The Bertz CT molecular complexity index is 689. The second-order valence-electron chi connectivity index (χ2n) is 4.47. The highest BCUT2D eigenvalue weighted by molar-refractivity contribution is 6.21. The Kier molecular flexibility index (Phi) is 2.13. The van der Waals surface area contributed by atoms with E-state index in [1.165, 1.54) is 0 Å². The van der Waals surface area contributed by atoms with E-state index in [2.05, 4.69) is 0 Å². The minimum atomic E-state index is -0.576. The zero-order valence-corrected chi connectivity index (χ0v) is 10.1. The predicted octanol–water partition coefficient (Wildman–Crippen LogP) is 2.22. The number of hydrogen-bond donors (Lipinski definition) is 0. The largest absolute Gasteiger partial charge is 0.386 e. The molecule has 0 saturated heterocycles. The number of benzene rings is 2. The number of carbonyl (C=O) groups is 2. The number of nitrogens with zero attached hydrogens (tertiary/aromatic N) is 1. The summed E-state index contributed by atoms with van der Waals surface area (Å²) in [7, 11) is 3.80. The Morgan fingerprint density at radius 3 is 2.44 bits per heavy atom. The van der Waals surface area contributed by atoms with E-state index in [1.807, 2.05) is 31.1 Å². The van der Waals surface area contributed by atoms with Gasteiger partial charge in [0.15, 0.2) is 0 Å². The van der Waals surface area contributed by atoms with Crippen LogP contribution in [0.4, 0.5) is 5.69 Å². The second-order valence-corrected chi connectivity index (χ2v) is 4.47. The average Bonchev–Trinajstić information content (AvgIpc) is 2.35. The van der Waals surface area contributed by atoms with Crippen LogP contribution < -0.4 is 4.90 Å². The van der Waals surface area contributed by atoms with Crippen LogP contribution in [0.25, 0.3) is 10.8 Å². The van der Waals surface area contributed by atoms with Crippen molar-refractivity contribution >= 4 is 28.4 Å². The maximum atomic E-state index is 11.8. The lowest BCUT2D eigenvalue weighted by Crippen LogP contribution is -2.20. The molecule has 0 bridgehead atoms. The first-order valence-corrected chi connectivity index (χ1v) is 5.58. The van der Waals surface area contributed by atoms with E-state index >= 15 is 0 Å². The molecule has 0 atom stereocenters. The van der Waals surface area contributed by atoms with E-state index in [0.29, 0.717) is 16.5 Å². The first-order chi connectivity index (χ1) is 8.58. The smallest absolute Gasteiger partial charge is 0.346 e. The summed E-state index contributed by atoms with van der Waals surface area (Å²) in [5.41, 5.74) is 1.81. The van der Waals surface area contributed by atoms with Crippen molar-refractivity contribution in [3.63, 3.8) is 0 Å². The van der Waals surface area contributed by atoms with Gasteiger partial charge in [-0.1, -0.05) is 12.1 Å². The zero-order valence-electron chi connectivity index (χ0n) is 10.1. The molecule has 1 heterocycles. The fourth-order valence-corrected chi connectivity index (χ4v) is 2.20. The number of hydrogen-bond acceptors (Lipinski definition) is 4. The van der Waals surface area contributed by atoms with Gasteiger partial charge in [0.25, 0.3) is 0 Å². The summed E-state index contributed by atoms with van der Waals surface area (Å²) >= 11 is 0. The van der Waals surface area contributed by atoms with Crippen LogP contribution in [0.1, 0.15) is 20.7 Å². The third kappa shape index (κ3) is 1.39. The highest BCUT2D eigenvalue weighted by Gasteiger charge is 2.27. The molecule has 0 N–H and O–H groups in total. The monoisotopic (exact) mass is 241 g/mol. The predicted molar refractivity (Wildman–Crippen MR) is 68.0 cm³/mol. The molecule has 0 aliphatic carbocycles. The van der Waals surface area contributed by atoms with Crippen LogP contribution in [0.2, 0.25) is 0 Å². The summed E-state index contributed by atoms with van der Waals surface area (Å²) in [5.74, 6) is -1.15. The van der Waals surface area contributed by atoms with Crippen LogP contribution in [0, 0.1) is 0 Å². The number of anilines is 1. The quantitative estimate of drug-likeness (QED) is 0.567. The van der Waals surface area contributed by atoms with E-state index in [0.717, 1.165) is 11.1 Å². The molecule has 1 aliphatic rings. The molecule has 0 spiro atoms. The van der Waals surface area contributed by atoms with Crippen LogP contribution in [0.3, 0.4) is 0 Å². The lowest BCUT2D eigenvalue weighted by Gasteiger charge is -2.19. The minimum Gasteiger partial charge on any atom is -0.386 e. The molecule has 0 aromatic heterocycles. The number of cyclic esters (lactones) is 2. The molecule has 2 aromatic carbocycles. The summed E-state index contributed by atoms with van der Waals surface area (Å²) in [6.45, 7) is 0. The summed E-state index contributed by atoms with van der Waals surface area (Å²) in [5, 5.41) is 1.56. The molecular formula is C14H11NO3. The molecule has 4 heteroatoms. The Morgan fingerprint density at radius 1 is 1.00 bits per heavy atom. The van der Waals surface area contributed by atoms with E-state index in [4.69, 9.17) is 4.74 Å². The van der Waals surface area contributed by atoms with Gasteiger partial charge in [-0.15, -0.1) is 0 Å². The van der Waals surface area contributed by atoms with Gasteiger partial charge in [-0.3, -0.25) is 0 Å². The molecule has 0 fully saturated rings. The van der Waals surface area contributed by atoms with Crippen LogP contribution in [0.5, 0.6) is 0 Å². The number of carbonyl (C=O) groups excluding carboxylic acids is 2. The van der Waals surface area contributed by atoms with Crippen molar-refractivity contribution in [2.45, 2.75) is 0 Å².